The number of hydrogen-bond donors (Lipinski definition) is 0. The highest BCUT2D eigenvalue weighted by molar-refractivity contribution is 7.12. The Balaban J connectivity index is 1.53. The molecule has 0 unspecified atom stereocenters. The maximum absolute atomic E-state index is 14.5. The lowest BCUT2D eigenvalue weighted by Crippen LogP contribution is -2.48. The van der Waals surface area contributed by atoms with Crippen LogP contribution in [0.25, 0.3) is 6.08 Å². The minimum atomic E-state index is -4.56. The molecule has 2 aliphatic heterocycles. The largest absolute Gasteiger partial charge is 0.416 e. The van der Waals surface area contributed by atoms with Gasteiger partial charge in [-0.2, -0.15) is 13.2 Å². The molecule has 4 nitrogen and oxygen atoms in total. The summed E-state index contributed by atoms with van der Waals surface area (Å²) in [6, 6.07) is 20.1. The van der Waals surface area contributed by atoms with Gasteiger partial charge in [-0.3, -0.25) is 14.4 Å². The van der Waals surface area contributed by atoms with Crippen LogP contribution in [0.4, 0.5) is 18.9 Å². The van der Waals surface area contributed by atoms with E-state index in [-0.39, 0.29) is 16.9 Å². The van der Waals surface area contributed by atoms with Crippen molar-refractivity contribution in [2.45, 2.75) is 24.2 Å². The highest BCUT2D eigenvalue weighted by Crippen LogP contribution is 2.61. The van der Waals surface area contributed by atoms with Crippen molar-refractivity contribution in [1.29, 1.82) is 0 Å². The van der Waals surface area contributed by atoms with E-state index in [1.807, 2.05) is 35.2 Å². The standard InChI is InChI=1S/C32H20F3NO3S/c33-32(34,35)20-14-11-19(12-15-20)26-27(28(37)24-10-5-17-40-24)36-23-9-4-1-6-18(23)13-16-25(36)31(26)29(38)21-7-2-3-8-22(21)30(31)39/h1-17,25-27H/t25-,26-,27+/m0/s1. The molecule has 0 N–H and O–H groups in total. The quantitative estimate of drug-likeness (QED) is 0.200. The smallest absolute Gasteiger partial charge is 0.352 e. The maximum atomic E-state index is 14.5. The molecule has 1 spiro atoms. The first kappa shape index (κ1) is 24.7. The van der Waals surface area contributed by atoms with Crippen LogP contribution in [0.5, 0.6) is 0 Å². The van der Waals surface area contributed by atoms with Crippen molar-refractivity contribution in [2.24, 2.45) is 5.41 Å². The first-order valence-corrected chi connectivity index (χ1v) is 13.6. The van der Waals surface area contributed by atoms with Gasteiger partial charge >= 0.3 is 6.18 Å². The van der Waals surface area contributed by atoms with Gasteiger partial charge in [0.1, 0.15) is 11.5 Å². The van der Waals surface area contributed by atoms with Gasteiger partial charge in [0.25, 0.3) is 0 Å². The Morgan fingerprint density at radius 2 is 1.48 bits per heavy atom. The van der Waals surface area contributed by atoms with Gasteiger partial charge in [0, 0.05) is 22.7 Å². The van der Waals surface area contributed by atoms with E-state index >= 15 is 0 Å². The molecule has 198 valence electrons. The van der Waals surface area contributed by atoms with Crippen molar-refractivity contribution < 1.29 is 27.6 Å². The molecular formula is C32H20F3NO3S. The minimum absolute atomic E-state index is 0.265. The Kier molecular flexibility index (Phi) is 5.31. The first-order valence-electron chi connectivity index (χ1n) is 12.7. The Hall–Kier alpha value is -4.30. The van der Waals surface area contributed by atoms with Crippen LogP contribution in [-0.4, -0.2) is 29.4 Å². The van der Waals surface area contributed by atoms with E-state index in [2.05, 4.69) is 0 Å². The van der Waals surface area contributed by atoms with Gasteiger partial charge in [0.15, 0.2) is 17.3 Å². The lowest BCUT2D eigenvalue weighted by molar-refractivity contribution is -0.137. The second-order valence-electron chi connectivity index (χ2n) is 10.2. The third-order valence-corrected chi connectivity index (χ3v) is 9.23. The number of rotatable bonds is 3. The van der Waals surface area contributed by atoms with E-state index in [1.54, 1.807) is 47.9 Å². The average molecular weight is 556 g/mol. The van der Waals surface area contributed by atoms with E-state index in [0.29, 0.717) is 16.1 Å². The van der Waals surface area contributed by atoms with Gasteiger partial charge < -0.3 is 4.90 Å². The number of benzene rings is 3. The topological polar surface area (TPSA) is 54.5 Å². The monoisotopic (exact) mass is 555 g/mol. The molecule has 7 rings (SSSR count). The highest BCUT2D eigenvalue weighted by atomic mass is 32.1. The predicted molar refractivity (Wildman–Crippen MR) is 146 cm³/mol. The molecule has 8 heteroatoms. The molecule has 1 aromatic heterocycles. The second-order valence-corrected chi connectivity index (χ2v) is 11.2. The molecule has 1 saturated heterocycles. The summed E-state index contributed by atoms with van der Waals surface area (Å²) in [5.74, 6) is -2.17. The van der Waals surface area contributed by atoms with Crippen molar-refractivity contribution in [1.82, 2.24) is 0 Å². The number of nitrogens with zero attached hydrogens (tertiary/aromatic N) is 1. The fourth-order valence-electron chi connectivity index (χ4n) is 6.73. The maximum Gasteiger partial charge on any atom is 0.416 e. The molecule has 3 aliphatic rings. The Morgan fingerprint density at radius 3 is 2.10 bits per heavy atom. The molecule has 0 saturated carbocycles. The van der Waals surface area contributed by atoms with Crippen LogP contribution in [0, 0.1) is 5.41 Å². The van der Waals surface area contributed by atoms with Crippen LogP contribution >= 0.6 is 11.3 Å². The van der Waals surface area contributed by atoms with Crippen molar-refractivity contribution in [3.63, 3.8) is 0 Å². The third kappa shape index (κ3) is 3.23. The molecule has 1 aliphatic carbocycles. The molecular weight excluding hydrogens is 535 g/mol. The molecule has 0 bridgehead atoms. The summed E-state index contributed by atoms with van der Waals surface area (Å²) in [4.78, 5) is 45.6. The summed E-state index contributed by atoms with van der Waals surface area (Å²) in [6.45, 7) is 0. The minimum Gasteiger partial charge on any atom is -0.352 e. The number of thiophene rings is 1. The first-order chi connectivity index (χ1) is 19.2. The molecule has 40 heavy (non-hydrogen) atoms. The molecule has 4 aromatic rings. The molecule has 3 aromatic carbocycles. The van der Waals surface area contributed by atoms with Crippen LogP contribution in [-0.2, 0) is 6.18 Å². The van der Waals surface area contributed by atoms with Crippen LogP contribution in [0.15, 0.2) is 96.4 Å². The fraction of sp³-hybridized carbons (Fsp3) is 0.156. The zero-order valence-electron chi connectivity index (χ0n) is 20.8. The number of halogens is 3. The summed E-state index contributed by atoms with van der Waals surface area (Å²) in [5.41, 5.74) is -0.221. The van der Waals surface area contributed by atoms with Crippen molar-refractivity contribution >= 4 is 40.4 Å². The summed E-state index contributed by atoms with van der Waals surface area (Å²) < 4.78 is 40.5. The number of Topliss-reactive ketones (excluding diaryl/α,β-unsaturated/α-hetero) is 3. The average Bonchev–Trinajstić information content (AvgIpc) is 3.66. The lowest BCUT2D eigenvalue weighted by Gasteiger charge is -2.37. The number of fused-ring (bicyclic) bond motifs is 5. The summed E-state index contributed by atoms with van der Waals surface area (Å²) in [6.07, 6.45) is -0.918. The van der Waals surface area contributed by atoms with Gasteiger partial charge in [-0.15, -0.1) is 11.3 Å². The van der Waals surface area contributed by atoms with Crippen molar-refractivity contribution in [3.05, 3.63) is 129 Å². The molecule has 3 heterocycles. The number of para-hydroxylation sites is 1. The number of ketones is 3. The van der Waals surface area contributed by atoms with E-state index in [9.17, 15) is 27.6 Å². The normalized spacial score (nSPS) is 22.4. The number of alkyl halides is 3. The van der Waals surface area contributed by atoms with E-state index in [1.165, 1.54) is 23.5 Å². The number of carbonyl (C=O) groups is 3. The number of anilines is 1. The van der Waals surface area contributed by atoms with Crippen LogP contribution in [0.2, 0.25) is 0 Å². The summed E-state index contributed by atoms with van der Waals surface area (Å²) >= 11 is 1.25. The van der Waals surface area contributed by atoms with E-state index in [4.69, 9.17) is 0 Å². The number of carbonyl (C=O) groups excluding carboxylic acids is 3. The highest BCUT2D eigenvalue weighted by Gasteiger charge is 2.71. The molecule has 1 fully saturated rings. The SMILES string of the molecule is O=C(c1cccs1)[C@H]1[C@H](c2ccc(C(F)(F)F)cc2)C2(C(=O)c3ccccc3C2=O)[C@@H]2C=Cc3ccccc3N21. The van der Waals surface area contributed by atoms with E-state index < -0.39 is 46.7 Å². The summed E-state index contributed by atoms with van der Waals surface area (Å²) in [7, 11) is 0. The third-order valence-electron chi connectivity index (χ3n) is 8.34. The Labute approximate surface area is 231 Å². The van der Waals surface area contributed by atoms with Crippen LogP contribution in [0.3, 0.4) is 0 Å². The molecule has 0 amide bonds. The van der Waals surface area contributed by atoms with Gasteiger partial charge in [-0.05, 0) is 40.8 Å². The fourth-order valence-corrected chi connectivity index (χ4v) is 7.43. The zero-order chi connectivity index (χ0) is 27.8. The van der Waals surface area contributed by atoms with Crippen molar-refractivity contribution in [2.75, 3.05) is 4.90 Å². The van der Waals surface area contributed by atoms with Crippen LogP contribution < -0.4 is 4.90 Å². The van der Waals surface area contributed by atoms with Gasteiger partial charge in [0.05, 0.1) is 16.5 Å². The lowest BCUT2D eigenvalue weighted by atomic mass is 9.64. The van der Waals surface area contributed by atoms with Crippen molar-refractivity contribution in [3.8, 4) is 0 Å². The van der Waals surface area contributed by atoms with Crippen LogP contribution in [0.1, 0.15) is 53.0 Å². The predicted octanol–water partition coefficient (Wildman–Crippen LogP) is 7.08. The van der Waals surface area contributed by atoms with Gasteiger partial charge in [0.2, 0.25) is 0 Å². The van der Waals surface area contributed by atoms with E-state index in [0.717, 1.165) is 17.7 Å². The summed E-state index contributed by atoms with van der Waals surface area (Å²) in [5, 5.41) is 1.77. The second kappa shape index (κ2) is 8.60. The number of hydrogen-bond acceptors (Lipinski definition) is 5. The van der Waals surface area contributed by atoms with Gasteiger partial charge in [-0.1, -0.05) is 72.8 Å². The molecule has 3 atom stereocenters. The van der Waals surface area contributed by atoms with Gasteiger partial charge in [-0.25, -0.2) is 0 Å². The molecule has 0 radical (unpaired) electrons. The Bertz CT molecular complexity index is 1690. The Morgan fingerprint density at radius 1 is 0.825 bits per heavy atom. The zero-order valence-corrected chi connectivity index (χ0v) is 21.6.